The highest BCUT2D eigenvalue weighted by Crippen LogP contribution is 2.43. The van der Waals surface area contributed by atoms with Crippen LogP contribution >= 0.6 is 0 Å². The number of hydrogen-bond acceptors (Lipinski definition) is 6. The van der Waals surface area contributed by atoms with Crippen LogP contribution < -0.4 is 0 Å². The zero-order valence-electron chi connectivity index (χ0n) is 16.6. The van der Waals surface area contributed by atoms with E-state index in [0.717, 1.165) is 48.1 Å². The normalized spacial score (nSPS) is 20.4. The van der Waals surface area contributed by atoms with E-state index in [2.05, 4.69) is 6.07 Å². The first-order valence-corrected chi connectivity index (χ1v) is 9.44. The Bertz CT molecular complexity index is 717. The van der Waals surface area contributed by atoms with Gasteiger partial charge >= 0.3 is 11.9 Å². The van der Waals surface area contributed by atoms with Gasteiger partial charge in [-0.1, -0.05) is 6.07 Å². The molecule has 0 radical (unpaired) electrons. The summed E-state index contributed by atoms with van der Waals surface area (Å²) in [5, 5.41) is 0. The van der Waals surface area contributed by atoms with Crippen molar-refractivity contribution in [2.75, 3.05) is 27.4 Å². The molecular formula is C21H28O6. The second kappa shape index (κ2) is 7.98. The van der Waals surface area contributed by atoms with Crippen LogP contribution in [0.2, 0.25) is 0 Å². The molecule has 0 bridgehead atoms. The van der Waals surface area contributed by atoms with Crippen LogP contribution in [0.3, 0.4) is 0 Å². The summed E-state index contributed by atoms with van der Waals surface area (Å²) in [7, 11) is 2.62. The molecule has 0 amide bonds. The molecule has 1 aliphatic heterocycles. The van der Waals surface area contributed by atoms with Gasteiger partial charge in [0, 0.05) is 25.9 Å². The van der Waals surface area contributed by atoms with E-state index >= 15 is 0 Å². The molecule has 1 aromatic carbocycles. The second-order valence-electron chi connectivity index (χ2n) is 7.42. The van der Waals surface area contributed by atoms with Crippen molar-refractivity contribution in [2.45, 2.75) is 52.2 Å². The summed E-state index contributed by atoms with van der Waals surface area (Å²) in [6, 6.07) is 2.14. The highest BCUT2D eigenvalue weighted by molar-refractivity contribution is 6.01. The molecule has 1 heterocycles. The van der Waals surface area contributed by atoms with E-state index in [1.54, 1.807) is 0 Å². The lowest BCUT2D eigenvalue weighted by atomic mass is 9.84. The molecule has 2 aliphatic rings. The van der Waals surface area contributed by atoms with Gasteiger partial charge in [-0.05, 0) is 54.5 Å². The van der Waals surface area contributed by atoms with Crippen LogP contribution in [0.25, 0.3) is 0 Å². The maximum atomic E-state index is 12.5. The fourth-order valence-electron chi connectivity index (χ4n) is 4.27. The molecule has 6 nitrogen and oxygen atoms in total. The number of benzene rings is 1. The number of fused-ring (bicyclic) bond motifs is 1. The predicted molar refractivity (Wildman–Crippen MR) is 98.4 cm³/mol. The zero-order chi connectivity index (χ0) is 19.6. The molecule has 3 rings (SSSR count). The summed E-state index contributed by atoms with van der Waals surface area (Å²) >= 11 is 0. The summed E-state index contributed by atoms with van der Waals surface area (Å²) in [5.41, 5.74) is 4.19. The van der Waals surface area contributed by atoms with Gasteiger partial charge in [0.1, 0.15) is 0 Å². The third-order valence-corrected chi connectivity index (χ3v) is 5.84. The lowest BCUT2D eigenvalue weighted by Crippen LogP contribution is -2.42. The molecule has 1 saturated heterocycles. The van der Waals surface area contributed by atoms with Crippen LogP contribution in [-0.4, -0.2) is 45.7 Å². The molecule has 1 aliphatic carbocycles. The van der Waals surface area contributed by atoms with Gasteiger partial charge in [-0.2, -0.15) is 0 Å². The van der Waals surface area contributed by atoms with E-state index in [9.17, 15) is 9.59 Å². The smallest absolute Gasteiger partial charge is 0.323 e. The van der Waals surface area contributed by atoms with Gasteiger partial charge in [-0.15, -0.1) is 0 Å². The van der Waals surface area contributed by atoms with Gasteiger partial charge < -0.3 is 18.9 Å². The van der Waals surface area contributed by atoms with Crippen molar-refractivity contribution >= 4 is 11.9 Å². The average molecular weight is 376 g/mol. The molecule has 1 unspecified atom stereocenters. The molecule has 6 heteroatoms. The quantitative estimate of drug-likeness (QED) is 0.561. The molecule has 1 atom stereocenters. The van der Waals surface area contributed by atoms with Crippen LogP contribution in [0, 0.1) is 19.3 Å². The van der Waals surface area contributed by atoms with E-state index < -0.39 is 17.4 Å². The number of methoxy groups -OCH3 is 2. The first-order valence-electron chi connectivity index (χ1n) is 9.44. The van der Waals surface area contributed by atoms with Gasteiger partial charge in [-0.25, -0.2) is 0 Å². The monoisotopic (exact) mass is 376 g/mol. The van der Waals surface area contributed by atoms with Crippen molar-refractivity contribution in [2.24, 2.45) is 5.41 Å². The topological polar surface area (TPSA) is 71.1 Å². The van der Waals surface area contributed by atoms with E-state index in [-0.39, 0.29) is 6.29 Å². The maximum Gasteiger partial charge on any atom is 0.323 e. The van der Waals surface area contributed by atoms with Crippen LogP contribution in [0.4, 0.5) is 0 Å². The Kier molecular flexibility index (Phi) is 5.86. The molecule has 0 N–H and O–H groups in total. The Morgan fingerprint density at radius 3 is 2.41 bits per heavy atom. The molecule has 148 valence electrons. The van der Waals surface area contributed by atoms with Gasteiger partial charge in [0.15, 0.2) is 11.7 Å². The third-order valence-electron chi connectivity index (χ3n) is 5.84. The van der Waals surface area contributed by atoms with E-state index in [1.807, 2.05) is 13.8 Å². The molecule has 1 aromatic rings. The number of ether oxygens (including phenoxy) is 4. The number of aryl methyl sites for hydroxylation is 1. The van der Waals surface area contributed by atoms with Crippen LogP contribution in [0.15, 0.2) is 6.07 Å². The largest absolute Gasteiger partial charge is 0.468 e. The minimum absolute atomic E-state index is 0.0906. The summed E-state index contributed by atoms with van der Waals surface area (Å²) in [6.07, 6.45) is 3.31. The van der Waals surface area contributed by atoms with Crippen molar-refractivity contribution in [3.05, 3.63) is 33.9 Å². The number of esters is 2. The highest BCUT2D eigenvalue weighted by Gasteiger charge is 2.53. The minimum Gasteiger partial charge on any atom is -0.468 e. The van der Waals surface area contributed by atoms with E-state index in [4.69, 9.17) is 18.9 Å². The first-order chi connectivity index (χ1) is 12.9. The van der Waals surface area contributed by atoms with Crippen molar-refractivity contribution in [1.82, 2.24) is 0 Å². The summed E-state index contributed by atoms with van der Waals surface area (Å²) in [6.45, 7) is 5.42. The Balaban J connectivity index is 1.83. The molecule has 0 saturated carbocycles. The lowest BCUT2D eigenvalue weighted by molar-refractivity contribution is -0.168. The van der Waals surface area contributed by atoms with Crippen molar-refractivity contribution < 1.29 is 28.5 Å². The Morgan fingerprint density at radius 2 is 1.81 bits per heavy atom. The second-order valence-corrected chi connectivity index (χ2v) is 7.42. The number of rotatable bonds is 6. The summed E-state index contributed by atoms with van der Waals surface area (Å²) in [5.74, 6) is -1.07. The van der Waals surface area contributed by atoms with E-state index in [1.165, 1.54) is 19.8 Å². The maximum absolute atomic E-state index is 12.5. The van der Waals surface area contributed by atoms with Crippen molar-refractivity contribution in [3.63, 3.8) is 0 Å². The first kappa shape index (κ1) is 19.8. The molecular weight excluding hydrogens is 348 g/mol. The van der Waals surface area contributed by atoms with Crippen LogP contribution in [0.5, 0.6) is 0 Å². The number of carbonyl (C=O) groups excluding carboxylic acids is 2. The third kappa shape index (κ3) is 3.60. The Labute approximate surface area is 160 Å². The van der Waals surface area contributed by atoms with Gasteiger partial charge in [-0.3, -0.25) is 9.59 Å². The minimum atomic E-state index is -1.28. The standard InChI is InChI=1S/C21H28O6/c1-13-10-15(7-9-27-18-6-5-8-26-18)14(2)17-12-21(11-16(13)17,19(22)24-3)20(23)25-4/h10,18H,5-9,11-12H2,1-4H3. The van der Waals surface area contributed by atoms with Gasteiger partial charge in [0.2, 0.25) is 0 Å². The van der Waals surface area contributed by atoms with Crippen molar-refractivity contribution in [3.8, 4) is 0 Å². The Hall–Kier alpha value is -1.92. The van der Waals surface area contributed by atoms with Crippen LogP contribution in [0.1, 0.15) is 40.7 Å². The number of carbonyl (C=O) groups is 2. The fraction of sp³-hybridized carbons (Fsp3) is 0.619. The molecule has 1 fully saturated rings. The molecule has 0 spiro atoms. The highest BCUT2D eigenvalue weighted by atomic mass is 16.7. The van der Waals surface area contributed by atoms with Gasteiger partial charge in [0.05, 0.1) is 20.8 Å². The zero-order valence-corrected chi connectivity index (χ0v) is 16.6. The van der Waals surface area contributed by atoms with Crippen LogP contribution in [-0.2, 0) is 47.8 Å². The fourth-order valence-corrected chi connectivity index (χ4v) is 4.27. The van der Waals surface area contributed by atoms with Gasteiger partial charge in [0.25, 0.3) is 0 Å². The van der Waals surface area contributed by atoms with E-state index in [0.29, 0.717) is 19.4 Å². The Morgan fingerprint density at radius 1 is 1.15 bits per heavy atom. The SMILES string of the molecule is COC(=O)C1(C(=O)OC)Cc2c(C)cc(CCOC3CCCO3)c(C)c2C1. The predicted octanol–water partition coefficient (Wildman–Crippen LogP) is 2.43. The molecule has 27 heavy (non-hydrogen) atoms. The molecule has 0 aromatic heterocycles. The summed E-state index contributed by atoms with van der Waals surface area (Å²) < 4.78 is 21.2. The average Bonchev–Trinajstić information content (AvgIpc) is 3.33. The lowest BCUT2D eigenvalue weighted by Gasteiger charge is -2.22. The number of hydrogen-bond donors (Lipinski definition) is 0. The van der Waals surface area contributed by atoms with Crippen molar-refractivity contribution in [1.29, 1.82) is 0 Å². The summed E-state index contributed by atoms with van der Waals surface area (Å²) in [4.78, 5) is 24.9.